The van der Waals surface area contributed by atoms with Crippen LogP contribution in [-0.4, -0.2) is 30.4 Å². The third kappa shape index (κ3) is 5.45. The van der Waals surface area contributed by atoms with Gasteiger partial charge >= 0.3 is 11.9 Å². The molecule has 0 spiro atoms. The zero-order valence-electron chi connectivity index (χ0n) is 12.4. The van der Waals surface area contributed by atoms with Gasteiger partial charge in [0.05, 0.1) is 11.6 Å². The van der Waals surface area contributed by atoms with Crippen molar-refractivity contribution in [3.05, 3.63) is 36.4 Å². The van der Waals surface area contributed by atoms with E-state index in [0.717, 1.165) is 11.6 Å². The Kier molecular flexibility index (Phi) is 6.91. The normalized spacial score (nSPS) is 11.4. The van der Waals surface area contributed by atoms with Crippen LogP contribution < -0.4 is 11.2 Å². The van der Waals surface area contributed by atoms with Crippen LogP contribution in [0.2, 0.25) is 0 Å². The van der Waals surface area contributed by atoms with E-state index in [0.29, 0.717) is 17.8 Å². The van der Waals surface area contributed by atoms with Gasteiger partial charge in [0.2, 0.25) is 0 Å². The van der Waals surface area contributed by atoms with Gasteiger partial charge in [-0.15, -0.1) is 0 Å². The fraction of sp³-hybridized carbons (Fsp3) is 0.333. The largest absolute Gasteiger partial charge is 0.462 e. The summed E-state index contributed by atoms with van der Waals surface area (Å²) in [5, 5.41) is 8.78. The molecule has 22 heavy (non-hydrogen) atoms. The molecule has 1 aromatic rings. The van der Waals surface area contributed by atoms with Crippen molar-refractivity contribution in [1.29, 1.82) is 0 Å². The van der Waals surface area contributed by atoms with Crippen LogP contribution in [0.15, 0.2) is 30.9 Å². The van der Waals surface area contributed by atoms with Crippen molar-refractivity contribution < 1.29 is 27.1 Å². The number of carbonyl (C=O) groups is 2. The molecule has 124 valence electrons. The molecular formula is C15H24N2O5. The molecule has 0 bridgehead atoms. The maximum absolute atomic E-state index is 11.8. The Hall–Kier alpha value is -2.54. The van der Waals surface area contributed by atoms with Gasteiger partial charge in [-0.05, 0) is 24.1 Å². The van der Waals surface area contributed by atoms with Crippen LogP contribution in [0, 0.1) is 5.92 Å². The Bertz CT molecular complexity index is 555. The number of nitrogens with two attached hydrogens (primary N) is 1. The number of anilines is 2. The summed E-state index contributed by atoms with van der Waals surface area (Å²) in [6, 6.07) is 4.95. The van der Waals surface area contributed by atoms with Crippen molar-refractivity contribution in [2.75, 3.05) is 24.4 Å². The molecule has 0 amide bonds. The first-order valence-corrected chi connectivity index (χ1v) is 6.72. The minimum Gasteiger partial charge on any atom is -0.462 e. The average Bonchev–Trinajstić information content (AvgIpc) is 2.52. The monoisotopic (exact) mass is 312 g/mol. The Balaban J connectivity index is 0. The number of benzene rings is 1. The highest BCUT2D eigenvalue weighted by atomic mass is 16.6. The molecule has 1 unspecified atom stereocenters. The van der Waals surface area contributed by atoms with Gasteiger partial charge in [0.25, 0.3) is 0 Å². The fourth-order valence-corrected chi connectivity index (χ4v) is 1.75. The summed E-state index contributed by atoms with van der Waals surface area (Å²) in [5.74, 6) is -1.36. The molecule has 0 heterocycles. The van der Waals surface area contributed by atoms with Gasteiger partial charge in [-0.3, -0.25) is 15.5 Å². The predicted octanol–water partition coefficient (Wildman–Crippen LogP) is 2.01. The van der Waals surface area contributed by atoms with Crippen molar-refractivity contribution in [1.82, 2.24) is 0 Å². The lowest BCUT2D eigenvalue weighted by molar-refractivity contribution is -0.152. The molecule has 0 aliphatic carbocycles. The van der Waals surface area contributed by atoms with Gasteiger partial charge in [-0.25, -0.2) is 4.79 Å². The molecule has 1 rings (SSSR count). The minimum atomic E-state index is -0.561. The minimum absolute atomic E-state index is 0. The Morgan fingerprint density at radius 2 is 2.14 bits per heavy atom. The fourth-order valence-electron chi connectivity index (χ4n) is 1.75. The van der Waals surface area contributed by atoms with Crippen molar-refractivity contribution in [3.63, 3.8) is 0 Å². The van der Waals surface area contributed by atoms with Crippen LogP contribution >= 0.6 is 0 Å². The van der Waals surface area contributed by atoms with Crippen LogP contribution in [0.4, 0.5) is 11.4 Å². The van der Waals surface area contributed by atoms with E-state index in [1.54, 1.807) is 25.1 Å². The summed E-state index contributed by atoms with van der Waals surface area (Å²) in [7, 11) is 0. The Morgan fingerprint density at radius 1 is 1.45 bits per heavy atom. The maximum Gasteiger partial charge on any atom is 0.330 e. The van der Waals surface area contributed by atoms with E-state index in [1.807, 2.05) is 5.48 Å². The molecule has 4 N–H and O–H groups in total. The summed E-state index contributed by atoms with van der Waals surface area (Å²) in [6.07, 6.45) is 1.45. The van der Waals surface area contributed by atoms with Gasteiger partial charge in [0.1, 0.15) is 13.2 Å². The molecule has 1 aromatic carbocycles. The van der Waals surface area contributed by atoms with Gasteiger partial charge in [-0.2, -0.15) is 0 Å². The van der Waals surface area contributed by atoms with Crippen molar-refractivity contribution in [2.45, 2.75) is 13.3 Å². The number of nitrogens with one attached hydrogen (secondary N) is 1. The zero-order chi connectivity index (χ0) is 16.5. The smallest absolute Gasteiger partial charge is 0.330 e. The molecular weight excluding hydrogens is 288 g/mol. The second-order valence-corrected chi connectivity index (χ2v) is 4.67. The number of hydrogen-bond donors (Lipinski definition) is 3. The van der Waals surface area contributed by atoms with Crippen LogP contribution in [0.25, 0.3) is 0 Å². The Labute approximate surface area is 131 Å². The van der Waals surface area contributed by atoms with E-state index in [4.69, 9.17) is 20.4 Å². The van der Waals surface area contributed by atoms with E-state index in [-0.39, 0.29) is 16.1 Å². The number of rotatable bonds is 8. The molecule has 0 saturated carbocycles. The lowest BCUT2D eigenvalue weighted by Gasteiger charge is -2.13. The number of carbonyl (C=O) groups excluding carboxylic acids is 2. The lowest BCUT2D eigenvalue weighted by atomic mass is 9.99. The number of nitrogen functional groups attached to an aromatic ring is 1. The molecule has 7 heteroatoms. The van der Waals surface area contributed by atoms with Crippen LogP contribution in [0.3, 0.4) is 0 Å². The van der Waals surface area contributed by atoms with Crippen LogP contribution in [-0.2, 0) is 25.5 Å². The number of esters is 2. The third-order valence-electron chi connectivity index (χ3n) is 2.94. The first kappa shape index (κ1) is 17.5. The molecule has 0 aliphatic rings. The first-order valence-electron chi connectivity index (χ1n) is 6.72. The highest BCUT2D eigenvalue weighted by Crippen LogP contribution is 2.21. The molecule has 7 nitrogen and oxygen atoms in total. The summed E-state index contributed by atoms with van der Waals surface area (Å²) in [5.41, 5.74) is 9.57. The topological polar surface area (TPSA) is 111 Å². The highest BCUT2D eigenvalue weighted by Gasteiger charge is 2.16. The molecule has 0 fully saturated rings. The number of hydrogen-bond acceptors (Lipinski definition) is 7. The molecule has 0 saturated heterocycles. The molecule has 0 aliphatic heterocycles. The summed E-state index contributed by atoms with van der Waals surface area (Å²) in [6.45, 7) is 4.95. The van der Waals surface area contributed by atoms with E-state index < -0.39 is 17.9 Å². The van der Waals surface area contributed by atoms with E-state index in [2.05, 4.69) is 6.58 Å². The third-order valence-corrected chi connectivity index (χ3v) is 2.94. The van der Waals surface area contributed by atoms with Gasteiger partial charge < -0.3 is 15.2 Å². The van der Waals surface area contributed by atoms with Gasteiger partial charge in [-0.1, -0.05) is 19.6 Å². The second kappa shape index (κ2) is 8.68. The Morgan fingerprint density at radius 3 is 2.73 bits per heavy atom. The van der Waals surface area contributed by atoms with Gasteiger partial charge in [0, 0.05) is 14.6 Å². The SMILES string of the molecule is C=CC(=O)OCCOC(=O)C(C)Cc1ccc(NO)cc1N.[HH].[HH]. The molecule has 0 radical (unpaired) electrons. The average molecular weight is 312 g/mol. The standard InChI is InChI=1S/C15H20N2O5.2H2/c1-3-14(18)21-6-7-22-15(19)10(2)8-11-4-5-12(17-20)9-13(11)16;;/h3-5,9-10,17,20H,1,6-8,16H2,2H3;2*1H. The van der Waals surface area contributed by atoms with Crippen molar-refractivity contribution in [3.8, 4) is 0 Å². The van der Waals surface area contributed by atoms with Crippen LogP contribution in [0.1, 0.15) is 15.3 Å². The van der Waals surface area contributed by atoms with E-state index in [1.165, 1.54) is 0 Å². The highest BCUT2D eigenvalue weighted by molar-refractivity contribution is 5.81. The first-order chi connectivity index (χ1) is 10.5. The zero-order valence-corrected chi connectivity index (χ0v) is 12.4. The summed E-state index contributed by atoms with van der Waals surface area (Å²) in [4.78, 5) is 22.6. The van der Waals surface area contributed by atoms with E-state index in [9.17, 15) is 9.59 Å². The quantitative estimate of drug-likeness (QED) is 0.221. The molecule has 0 aromatic heterocycles. The maximum atomic E-state index is 11.8. The molecule has 1 atom stereocenters. The summed E-state index contributed by atoms with van der Waals surface area (Å²) < 4.78 is 9.71. The van der Waals surface area contributed by atoms with Gasteiger partial charge in [0.15, 0.2) is 0 Å². The summed E-state index contributed by atoms with van der Waals surface area (Å²) >= 11 is 0. The van der Waals surface area contributed by atoms with Crippen LogP contribution in [0.5, 0.6) is 0 Å². The predicted molar refractivity (Wildman–Crippen MR) is 85.5 cm³/mol. The number of ether oxygens (including phenoxy) is 2. The second-order valence-electron chi connectivity index (χ2n) is 4.67. The lowest BCUT2D eigenvalue weighted by Crippen LogP contribution is -2.20. The van der Waals surface area contributed by atoms with E-state index >= 15 is 0 Å². The van der Waals surface area contributed by atoms with Crippen molar-refractivity contribution >= 4 is 23.3 Å². The van der Waals surface area contributed by atoms with Crippen molar-refractivity contribution in [2.24, 2.45) is 5.92 Å².